The molecule has 0 aromatic carbocycles. The van der Waals surface area contributed by atoms with Gasteiger partial charge in [-0.05, 0) is 32.6 Å². The van der Waals surface area contributed by atoms with Gasteiger partial charge >= 0.3 is 0 Å². The Labute approximate surface area is 126 Å². The summed E-state index contributed by atoms with van der Waals surface area (Å²) in [7, 11) is 0. The average molecular weight is 275 g/mol. The Hall–Kier alpha value is -0.590. The molecular formula is C19H33N. The van der Waals surface area contributed by atoms with E-state index in [1.807, 2.05) is 0 Å². The minimum Gasteiger partial charge on any atom is -0.266 e. The summed E-state index contributed by atoms with van der Waals surface area (Å²) in [5.41, 5.74) is 2.93. The first kappa shape index (κ1) is 15.8. The Balaban J connectivity index is 1.94. The van der Waals surface area contributed by atoms with Gasteiger partial charge in [0, 0.05) is 17.8 Å². The molecule has 20 heavy (non-hydrogen) atoms. The van der Waals surface area contributed by atoms with Gasteiger partial charge in [-0.2, -0.15) is 0 Å². The Morgan fingerprint density at radius 1 is 0.700 bits per heavy atom. The molecule has 2 rings (SSSR count). The van der Waals surface area contributed by atoms with Crippen molar-refractivity contribution in [3.63, 3.8) is 0 Å². The van der Waals surface area contributed by atoms with E-state index in [1.165, 1.54) is 88.3 Å². The average Bonchev–Trinajstić information content (AvgIpc) is 2.45. The molecule has 1 aliphatic heterocycles. The zero-order valence-electron chi connectivity index (χ0n) is 13.7. The smallest absolute Gasteiger partial charge is 0.0259 e. The van der Waals surface area contributed by atoms with Gasteiger partial charge in [-0.1, -0.05) is 69.8 Å². The minimum absolute atomic E-state index is 0.739. The molecule has 1 nitrogen and oxygen atoms in total. The molecule has 0 aromatic heterocycles. The van der Waals surface area contributed by atoms with Crippen molar-refractivity contribution in [1.82, 2.24) is 0 Å². The maximum absolute atomic E-state index is 4.65. The fraction of sp³-hybridized carbons (Fsp3) is 0.842. The lowest BCUT2D eigenvalue weighted by Crippen LogP contribution is -2.25. The zero-order valence-corrected chi connectivity index (χ0v) is 13.7. The summed E-state index contributed by atoms with van der Waals surface area (Å²) >= 11 is 0. The van der Waals surface area contributed by atoms with Crippen molar-refractivity contribution >= 4 is 5.71 Å². The Morgan fingerprint density at radius 2 is 1.15 bits per heavy atom. The van der Waals surface area contributed by atoms with Gasteiger partial charge in [0.2, 0.25) is 0 Å². The molecule has 0 saturated heterocycles. The van der Waals surface area contributed by atoms with Gasteiger partial charge in [-0.3, -0.25) is 4.99 Å². The molecule has 0 radical (unpaired) electrons. The number of aliphatic imine (C=N–C) groups is 1. The van der Waals surface area contributed by atoms with E-state index in [0.717, 1.165) is 11.8 Å². The van der Waals surface area contributed by atoms with Crippen LogP contribution in [0.25, 0.3) is 0 Å². The molecule has 0 spiro atoms. The van der Waals surface area contributed by atoms with Crippen molar-refractivity contribution in [2.24, 2.45) is 16.8 Å². The van der Waals surface area contributed by atoms with Crippen LogP contribution < -0.4 is 0 Å². The second-order valence-corrected chi connectivity index (χ2v) is 6.97. The summed E-state index contributed by atoms with van der Waals surface area (Å²) in [5, 5.41) is 0. The van der Waals surface area contributed by atoms with Crippen LogP contribution in [0.1, 0.15) is 90.9 Å². The molecular weight excluding hydrogens is 242 g/mol. The normalized spacial score (nSPS) is 30.7. The SMILES string of the molecule is CC1=CN=C(C)C2CCCCCCCCCCCCC12. The van der Waals surface area contributed by atoms with E-state index in [2.05, 4.69) is 25.0 Å². The quantitative estimate of drug-likeness (QED) is 0.492. The third-order valence-corrected chi connectivity index (χ3v) is 5.36. The maximum atomic E-state index is 4.65. The van der Waals surface area contributed by atoms with E-state index < -0.39 is 0 Å². The number of nitrogens with zero attached hydrogens (tertiary/aromatic N) is 1. The van der Waals surface area contributed by atoms with Crippen molar-refractivity contribution in [2.45, 2.75) is 90.9 Å². The largest absolute Gasteiger partial charge is 0.266 e. The molecule has 2 unspecified atom stereocenters. The van der Waals surface area contributed by atoms with E-state index in [-0.39, 0.29) is 0 Å². The second kappa shape index (κ2) is 8.64. The second-order valence-electron chi connectivity index (χ2n) is 6.97. The molecule has 0 aromatic rings. The first-order chi connectivity index (χ1) is 9.79. The molecule has 1 aliphatic carbocycles. The predicted molar refractivity (Wildman–Crippen MR) is 89.3 cm³/mol. The first-order valence-corrected chi connectivity index (χ1v) is 9.00. The number of rotatable bonds is 0. The lowest BCUT2D eigenvalue weighted by Gasteiger charge is -2.31. The van der Waals surface area contributed by atoms with Gasteiger partial charge in [0.15, 0.2) is 0 Å². The Morgan fingerprint density at radius 3 is 1.70 bits per heavy atom. The standard InChI is InChI=1S/C19H33N/c1-16-15-20-17(2)19-14-12-10-8-6-4-3-5-7-9-11-13-18(16)19/h15,18-19H,3-14H2,1-2H3. The van der Waals surface area contributed by atoms with Gasteiger partial charge in [0.05, 0.1) is 0 Å². The van der Waals surface area contributed by atoms with Crippen molar-refractivity contribution in [3.8, 4) is 0 Å². The highest BCUT2D eigenvalue weighted by molar-refractivity contribution is 5.86. The molecule has 0 amide bonds. The van der Waals surface area contributed by atoms with Crippen molar-refractivity contribution < 1.29 is 0 Å². The minimum atomic E-state index is 0.739. The van der Waals surface area contributed by atoms with E-state index in [1.54, 1.807) is 0 Å². The molecule has 1 heteroatoms. The summed E-state index contributed by atoms with van der Waals surface area (Å²) < 4.78 is 0. The van der Waals surface area contributed by atoms with Gasteiger partial charge in [-0.15, -0.1) is 0 Å². The maximum Gasteiger partial charge on any atom is 0.0259 e. The number of hydrogen-bond donors (Lipinski definition) is 0. The van der Waals surface area contributed by atoms with E-state index in [4.69, 9.17) is 0 Å². The molecule has 2 aliphatic rings. The van der Waals surface area contributed by atoms with Gasteiger partial charge in [0.25, 0.3) is 0 Å². The molecule has 114 valence electrons. The van der Waals surface area contributed by atoms with Crippen molar-refractivity contribution in [1.29, 1.82) is 0 Å². The van der Waals surface area contributed by atoms with Crippen LogP contribution in [-0.2, 0) is 0 Å². The highest BCUT2D eigenvalue weighted by Gasteiger charge is 2.27. The molecule has 1 heterocycles. The van der Waals surface area contributed by atoms with Crippen LogP contribution in [0, 0.1) is 11.8 Å². The lowest BCUT2D eigenvalue weighted by atomic mass is 9.76. The van der Waals surface area contributed by atoms with Crippen LogP contribution >= 0.6 is 0 Å². The lowest BCUT2D eigenvalue weighted by molar-refractivity contribution is 0.379. The van der Waals surface area contributed by atoms with E-state index in [9.17, 15) is 0 Å². The number of allylic oxidation sites excluding steroid dienone is 1. The van der Waals surface area contributed by atoms with Crippen molar-refractivity contribution in [3.05, 3.63) is 11.8 Å². The van der Waals surface area contributed by atoms with Gasteiger partial charge < -0.3 is 0 Å². The van der Waals surface area contributed by atoms with Crippen LogP contribution in [0.4, 0.5) is 0 Å². The summed E-state index contributed by atoms with van der Waals surface area (Å²) in [6.07, 6.45) is 19.3. The van der Waals surface area contributed by atoms with Crippen LogP contribution in [0.5, 0.6) is 0 Å². The highest BCUT2D eigenvalue weighted by atomic mass is 14.7. The Bertz CT molecular complexity index is 306. The first-order valence-electron chi connectivity index (χ1n) is 9.00. The fourth-order valence-corrected chi connectivity index (χ4v) is 3.99. The summed E-state index contributed by atoms with van der Waals surface area (Å²) in [6, 6.07) is 0. The van der Waals surface area contributed by atoms with E-state index in [0.29, 0.717) is 0 Å². The molecule has 1 fully saturated rings. The number of hydrogen-bond acceptors (Lipinski definition) is 1. The highest BCUT2D eigenvalue weighted by Crippen LogP contribution is 2.34. The van der Waals surface area contributed by atoms with Gasteiger partial charge in [-0.25, -0.2) is 0 Å². The molecule has 0 N–H and O–H groups in total. The monoisotopic (exact) mass is 275 g/mol. The topological polar surface area (TPSA) is 12.4 Å². The fourth-order valence-electron chi connectivity index (χ4n) is 3.99. The van der Waals surface area contributed by atoms with Crippen LogP contribution in [0.2, 0.25) is 0 Å². The van der Waals surface area contributed by atoms with Crippen molar-refractivity contribution in [2.75, 3.05) is 0 Å². The predicted octanol–water partition coefficient (Wildman–Crippen LogP) is 6.29. The third-order valence-electron chi connectivity index (χ3n) is 5.36. The molecule has 0 bridgehead atoms. The van der Waals surface area contributed by atoms with Gasteiger partial charge in [0.1, 0.15) is 0 Å². The molecule has 2 atom stereocenters. The van der Waals surface area contributed by atoms with Crippen LogP contribution in [0.3, 0.4) is 0 Å². The Kier molecular flexibility index (Phi) is 6.82. The molecule has 1 saturated carbocycles. The zero-order chi connectivity index (χ0) is 14.2. The summed E-state index contributed by atoms with van der Waals surface area (Å²) in [6.45, 7) is 4.56. The summed E-state index contributed by atoms with van der Waals surface area (Å²) in [5.74, 6) is 1.53. The van der Waals surface area contributed by atoms with Crippen LogP contribution in [-0.4, -0.2) is 5.71 Å². The summed E-state index contributed by atoms with van der Waals surface area (Å²) in [4.78, 5) is 4.65. The third kappa shape index (κ3) is 4.75. The number of fused-ring (bicyclic) bond motifs is 1. The van der Waals surface area contributed by atoms with Crippen LogP contribution in [0.15, 0.2) is 16.8 Å². The van der Waals surface area contributed by atoms with E-state index >= 15 is 0 Å².